The summed E-state index contributed by atoms with van der Waals surface area (Å²) in [5.41, 5.74) is 0. The van der Waals surface area contributed by atoms with Gasteiger partial charge in [0.05, 0.1) is 0 Å². The average Bonchev–Trinajstić information content (AvgIpc) is 2.34. The van der Waals surface area contributed by atoms with Gasteiger partial charge in [-0.05, 0) is 18.5 Å². The van der Waals surface area contributed by atoms with Gasteiger partial charge < -0.3 is 0 Å². The summed E-state index contributed by atoms with van der Waals surface area (Å²) < 4.78 is 4.24. The van der Waals surface area contributed by atoms with Gasteiger partial charge in [0.15, 0.2) is 0 Å². The Morgan fingerprint density at radius 3 is 2.50 bits per heavy atom. The molecular weight excluding hydrogens is 192 g/mol. The van der Waals surface area contributed by atoms with Crippen LogP contribution in [0.5, 0.6) is 0 Å². The van der Waals surface area contributed by atoms with Crippen LogP contribution in [-0.2, 0) is 6.42 Å². The van der Waals surface area contributed by atoms with Gasteiger partial charge in [-0.25, -0.2) is 4.98 Å². The number of hydrogen-bond acceptors (Lipinski definition) is 3. The summed E-state index contributed by atoms with van der Waals surface area (Å²) in [4.78, 5) is 4.37. The quantitative estimate of drug-likeness (QED) is 0.708. The van der Waals surface area contributed by atoms with Crippen LogP contribution in [0.1, 0.15) is 37.5 Å². The van der Waals surface area contributed by atoms with E-state index in [0.29, 0.717) is 5.92 Å². The van der Waals surface area contributed by atoms with E-state index >= 15 is 0 Å². The van der Waals surface area contributed by atoms with E-state index in [4.69, 9.17) is 11.6 Å². The summed E-state index contributed by atoms with van der Waals surface area (Å²) in [6.45, 7) is 6.16. The molecule has 1 aromatic heterocycles. The molecule has 0 radical (unpaired) electrons. The van der Waals surface area contributed by atoms with Crippen molar-refractivity contribution in [1.29, 1.82) is 0 Å². The normalized spacial score (nSPS) is 13.8. The molecule has 0 saturated heterocycles. The lowest BCUT2D eigenvalue weighted by molar-refractivity contribution is 0.785. The maximum Gasteiger partial charge on any atom is 0.145 e. The minimum atomic E-state index is 0.151. The zero-order chi connectivity index (χ0) is 9.14. The molecule has 1 unspecified atom stereocenters. The van der Waals surface area contributed by atoms with E-state index in [1.165, 1.54) is 11.5 Å². The van der Waals surface area contributed by atoms with Crippen molar-refractivity contribution in [2.45, 2.75) is 38.5 Å². The lowest BCUT2D eigenvalue weighted by Crippen LogP contribution is -1.97. The average molecular weight is 205 g/mol. The van der Waals surface area contributed by atoms with Gasteiger partial charge in [0.2, 0.25) is 0 Å². The van der Waals surface area contributed by atoms with Crippen molar-refractivity contribution in [1.82, 2.24) is 9.36 Å². The highest BCUT2D eigenvalue weighted by Gasteiger charge is 2.08. The van der Waals surface area contributed by atoms with Crippen molar-refractivity contribution in [2.24, 2.45) is 0 Å². The van der Waals surface area contributed by atoms with Crippen LogP contribution in [0.4, 0.5) is 0 Å². The number of halogens is 1. The Bertz CT molecular complexity index is 245. The molecule has 68 valence electrons. The molecule has 0 aliphatic rings. The zero-order valence-electron chi connectivity index (χ0n) is 7.54. The van der Waals surface area contributed by atoms with Crippen molar-refractivity contribution in [2.75, 3.05) is 0 Å². The van der Waals surface area contributed by atoms with Crippen LogP contribution in [-0.4, -0.2) is 14.7 Å². The first-order valence-electron chi connectivity index (χ1n) is 4.06. The van der Waals surface area contributed by atoms with E-state index < -0.39 is 0 Å². The summed E-state index contributed by atoms with van der Waals surface area (Å²) in [5, 5.41) is 1.19. The Morgan fingerprint density at radius 1 is 1.42 bits per heavy atom. The molecule has 1 atom stereocenters. The summed E-state index contributed by atoms with van der Waals surface area (Å²) >= 11 is 7.30. The minimum absolute atomic E-state index is 0.151. The summed E-state index contributed by atoms with van der Waals surface area (Å²) in [6, 6.07) is 0. The van der Waals surface area contributed by atoms with E-state index in [2.05, 4.69) is 23.2 Å². The maximum absolute atomic E-state index is 5.84. The molecule has 12 heavy (non-hydrogen) atoms. The molecule has 0 aliphatic heterocycles. The second-order valence-electron chi connectivity index (χ2n) is 3.19. The zero-order valence-corrected chi connectivity index (χ0v) is 9.11. The number of aromatic nitrogens is 2. The lowest BCUT2D eigenvalue weighted by Gasteiger charge is -1.96. The summed E-state index contributed by atoms with van der Waals surface area (Å²) in [7, 11) is 0. The third kappa shape index (κ3) is 2.72. The Morgan fingerprint density at radius 2 is 2.08 bits per heavy atom. The van der Waals surface area contributed by atoms with Crippen LogP contribution in [0.25, 0.3) is 0 Å². The molecule has 1 aromatic rings. The number of alkyl halides is 1. The van der Waals surface area contributed by atoms with Crippen LogP contribution < -0.4 is 0 Å². The molecule has 0 spiro atoms. The maximum atomic E-state index is 5.84. The Hall–Kier alpha value is -0.150. The molecule has 0 fully saturated rings. The van der Waals surface area contributed by atoms with Crippen molar-refractivity contribution >= 4 is 23.1 Å². The van der Waals surface area contributed by atoms with Crippen LogP contribution in [0.15, 0.2) is 0 Å². The molecule has 0 aromatic carbocycles. The van der Waals surface area contributed by atoms with Gasteiger partial charge in [-0.2, -0.15) is 4.37 Å². The smallest absolute Gasteiger partial charge is 0.145 e. The Kier molecular flexibility index (Phi) is 3.47. The van der Waals surface area contributed by atoms with E-state index in [1.807, 2.05) is 6.92 Å². The molecular formula is C8H13ClN2S. The van der Waals surface area contributed by atoms with Crippen molar-refractivity contribution in [3.63, 3.8) is 0 Å². The van der Waals surface area contributed by atoms with Gasteiger partial charge in [0.25, 0.3) is 0 Å². The first-order chi connectivity index (χ1) is 5.59. The van der Waals surface area contributed by atoms with E-state index in [0.717, 1.165) is 17.3 Å². The standard InChI is InChI=1S/C8H13ClN2S/c1-5(2)8-10-7(12-11-8)4-6(3)9/h5-6H,4H2,1-3H3. The van der Waals surface area contributed by atoms with E-state index in [9.17, 15) is 0 Å². The molecule has 0 bridgehead atoms. The highest BCUT2D eigenvalue weighted by Crippen LogP contribution is 2.15. The summed E-state index contributed by atoms with van der Waals surface area (Å²) in [6.07, 6.45) is 0.825. The molecule has 1 rings (SSSR count). The largest absolute Gasteiger partial charge is 0.224 e. The summed E-state index contributed by atoms with van der Waals surface area (Å²) in [5.74, 6) is 1.35. The van der Waals surface area contributed by atoms with Gasteiger partial charge in [0, 0.05) is 17.7 Å². The first kappa shape index (κ1) is 9.93. The van der Waals surface area contributed by atoms with Gasteiger partial charge in [-0.3, -0.25) is 0 Å². The van der Waals surface area contributed by atoms with Gasteiger partial charge >= 0.3 is 0 Å². The predicted molar refractivity (Wildman–Crippen MR) is 53.0 cm³/mol. The fraction of sp³-hybridized carbons (Fsp3) is 0.750. The monoisotopic (exact) mass is 204 g/mol. The van der Waals surface area contributed by atoms with Gasteiger partial charge in [-0.1, -0.05) is 13.8 Å². The van der Waals surface area contributed by atoms with Gasteiger partial charge in [0.1, 0.15) is 10.8 Å². The lowest BCUT2D eigenvalue weighted by atomic mass is 10.2. The minimum Gasteiger partial charge on any atom is -0.224 e. The van der Waals surface area contributed by atoms with Crippen LogP contribution in [0.2, 0.25) is 0 Å². The molecule has 1 heterocycles. The molecule has 0 aliphatic carbocycles. The number of rotatable bonds is 3. The van der Waals surface area contributed by atoms with E-state index in [1.54, 1.807) is 0 Å². The molecule has 0 N–H and O–H groups in total. The van der Waals surface area contributed by atoms with Crippen LogP contribution in [0, 0.1) is 0 Å². The highest BCUT2D eigenvalue weighted by molar-refractivity contribution is 7.05. The van der Waals surface area contributed by atoms with Crippen LogP contribution in [0.3, 0.4) is 0 Å². The predicted octanol–water partition coefficient (Wildman–Crippen LogP) is 2.83. The first-order valence-corrected chi connectivity index (χ1v) is 5.27. The number of hydrogen-bond donors (Lipinski definition) is 0. The molecule has 2 nitrogen and oxygen atoms in total. The second-order valence-corrected chi connectivity index (χ2v) is 4.77. The van der Waals surface area contributed by atoms with Gasteiger partial charge in [-0.15, -0.1) is 11.6 Å². The topological polar surface area (TPSA) is 25.8 Å². The van der Waals surface area contributed by atoms with Crippen molar-refractivity contribution in [3.8, 4) is 0 Å². The van der Waals surface area contributed by atoms with Crippen molar-refractivity contribution in [3.05, 3.63) is 10.8 Å². The number of nitrogens with zero attached hydrogens (tertiary/aromatic N) is 2. The molecule has 4 heteroatoms. The van der Waals surface area contributed by atoms with Crippen molar-refractivity contribution < 1.29 is 0 Å². The Balaban J connectivity index is 2.64. The second kappa shape index (κ2) is 4.19. The molecule has 0 saturated carbocycles. The fourth-order valence-corrected chi connectivity index (χ4v) is 1.97. The third-order valence-corrected chi connectivity index (χ3v) is 2.36. The Labute approximate surface area is 82.1 Å². The fourth-order valence-electron chi connectivity index (χ4n) is 0.826. The molecule has 0 amide bonds. The SMILES string of the molecule is CC(Cl)Cc1nc(C(C)C)ns1. The highest BCUT2D eigenvalue weighted by atomic mass is 35.5. The third-order valence-electron chi connectivity index (χ3n) is 1.46. The van der Waals surface area contributed by atoms with E-state index in [-0.39, 0.29) is 5.38 Å². The van der Waals surface area contributed by atoms with Crippen LogP contribution >= 0.6 is 23.1 Å².